The van der Waals surface area contributed by atoms with Crippen molar-refractivity contribution in [3.8, 4) is 0 Å². The van der Waals surface area contributed by atoms with Gasteiger partial charge in [-0.1, -0.05) is 325 Å². The Kier molecular flexibility index (Phi) is 63.1. The summed E-state index contributed by atoms with van der Waals surface area (Å²) in [6, 6.07) is 0. The van der Waals surface area contributed by atoms with Gasteiger partial charge >= 0.3 is 39.5 Å². The Balaban J connectivity index is 5.26. The minimum atomic E-state index is -4.96. The number of unbranched alkanes of at least 4 members (excludes halogenated alkanes) is 37. The summed E-state index contributed by atoms with van der Waals surface area (Å²) in [4.78, 5) is 72.8. The summed E-state index contributed by atoms with van der Waals surface area (Å²) in [5, 5.41) is 10.6. The molecule has 0 aromatic rings. The maximum atomic E-state index is 13.1. The van der Waals surface area contributed by atoms with Crippen molar-refractivity contribution < 1.29 is 80.2 Å². The molecule has 0 heterocycles. The summed E-state index contributed by atoms with van der Waals surface area (Å²) in [7, 11) is -9.91. The third kappa shape index (κ3) is 67.3. The fraction of sp³-hybridized carbons (Fsp3) is 0.947. The van der Waals surface area contributed by atoms with Crippen LogP contribution in [0.4, 0.5) is 0 Å². The molecule has 0 rings (SSSR count). The highest BCUT2D eigenvalue weighted by molar-refractivity contribution is 7.47. The van der Waals surface area contributed by atoms with Crippen molar-refractivity contribution in [1.82, 2.24) is 0 Å². The number of phosphoric ester groups is 2. The highest BCUT2D eigenvalue weighted by atomic mass is 31.2. The second kappa shape index (κ2) is 64.4. The molecule has 0 aliphatic rings. The van der Waals surface area contributed by atoms with Gasteiger partial charge in [0.15, 0.2) is 12.2 Å². The summed E-state index contributed by atoms with van der Waals surface area (Å²) in [6.07, 6.45) is 48.5. The molecule has 0 spiro atoms. The first-order valence-corrected chi connectivity index (χ1v) is 41.7. The summed E-state index contributed by atoms with van der Waals surface area (Å²) >= 11 is 0. The zero-order chi connectivity index (χ0) is 69.6. The molecule has 0 saturated carbocycles. The molecule has 3 N–H and O–H groups in total. The average Bonchev–Trinajstić information content (AvgIpc) is 1.34. The fourth-order valence-corrected chi connectivity index (χ4v) is 12.9. The van der Waals surface area contributed by atoms with Crippen LogP contribution in [-0.4, -0.2) is 96.7 Å². The molecule has 0 aromatic carbocycles. The van der Waals surface area contributed by atoms with Crippen LogP contribution in [0.3, 0.4) is 0 Å². The summed E-state index contributed by atoms with van der Waals surface area (Å²) in [5.74, 6) is 0.942. The largest absolute Gasteiger partial charge is 0.472 e. The van der Waals surface area contributed by atoms with Gasteiger partial charge < -0.3 is 33.8 Å². The predicted octanol–water partition coefficient (Wildman–Crippen LogP) is 21.7. The first kappa shape index (κ1) is 92.1. The van der Waals surface area contributed by atoms with Crippen molar-refractivity contribution in [3.63, 3.8) is 0 Å². The zero-order valence-electron chi connectivity index (χ0n) is 61.6. The normalized spacial score (nSPS) is 14.4. The number of phosphoric acid groups is 2. The van der Waals surface area contributed by atoms with Gasteiger partial charge in [0.25, 0.3) is 0 Å². The highest BCUT2D eigenvalue weighted by Crippen LogP contribution is 2.45. The van der Waals surface area contributed by atoms with E-state index in [2.05, 4.69) is 55.4 Å². The van der Waals surface area contributed by atoms with E-state index in [9.17, 15) is 43.2 Å². The van der Waals surface area contributed by atoms with E-state index in [4.69, 9.17) is 37.0 Å². The van der Waals surface area contributed by atoms with Gasteiger partial charge in [-0.05, 0) is 49.4 Å². The molecule has 558 valence electrons. The minimum absolute atomic E-state index is 0.105. The minimum Gasteiger partial charge on any atom is -0.462 e. The van der Waals surface area contributed by atoms with Crippen molar-refractivity contribution in [1.29, 1.82) is 0 Å². The molecule has 0 amide bonds. The van der Waals surface area contributed by atoms with Gasteiger partial charge in [0.2, 0.25) is 0 Å². The molecule has 0 saturated heterocycles. The third-order valence-corrected chi connectivity index (χ3v) is 19.6. The number of esters is 4. The van der Waals surface area contributed by atoms with Crippen molar-refractivity contribution in [3.05, 3.63) is 0 Å². The van der Waals surface area contributed by atoms with Gasteiger partial charge in [-0.2, -0.15) is 0 Å². The van der Waals surface area contributed by atoms with Crippen LogP contribution in [-0.2, 0) is 65.4 Å². The predicted molar refractivity (Wildman–Crippen MR) is 381 cm³/mol. The lowest BCUT2D eigenvalue weighted by atomic mass is 9.99. The molecule has 0 bridgehead atoms. The molecule has 0 aliphatic heterocycles. The van der Waals surface area contributed by atoms with E-state index < -0.39 is 97.5 Å². The maximum absolute atomic E-state index is 13.1. The van der Waals surface area contributed by atoms with Gasteiger partial charge in [0, 0.05) is 25.7 Å². The van der Waals surface area contributed by atoms with E-state index in [0.717, 1.165) is 114 Å². The van der Waals surface area contributed by atoms with Crippen molar-refractivity contribution >= 4 is 39.5 Å². The van der Waals surface area contributed by atoms with E-state index >= 15 is 0 Å². The Labute approximate surface area is 575 Å². The van der Waals surface area contributed by atoms with Crippen molar-refractivity contribution in [2.45, 2.75) is 395 Å². The van der Waals surface area contributed by atoms with Crippen molar-refractivity contribution in [2.75, 3.05) is 39.6 Å². The van der Waals surface area contributed by atoms with E-state index in [1.165, 1.54) is 173 Å². The van der Waals surface area contributed by atoms with Gasteiger partial charge in [0.1, 0.15) is 19.3 Å². The SMILES string of the molecule is CCC(C)CCCCCCCCCCCCC(=O)O[C@H](COC(=O)CCCCCCCCCC(C)C)COP(=O)(O)OCC(O)COP(=O)(O)OC[C@@H](COC(=O)CCCCCCCCCCCCCCCC(C)C)OC(=O)CCCCCCCCCCCCCC(C)C. The number of carbonyl (C=O) groups is 4. The molecule has 0 aliphatic carbocycles. The highest BCUT2D eigenvalue weighted by Gasteiger charge is 2.30. The lowest BCUT2D eigenvalue weighted by Gasteiger charge is -2.21. The van der Waals surface area contributed by atoms with E-state index in [-0.39, 0.29) is 25.7 Å². The van der Waals surface area contributed by atoms with E-state index in [1.54, 1.807) is 0 Å². The Bertz CT molecular complexity index is 1850. The molecule has 17 nitrogen and oxygen atoms in total. The Morgan fingerprint density at radius 3 is 0.755 bits per heavy atom. The number of ether oxygens (including phenoxy) is 4. The Morgan fingerprint density at radius 2 is 0.511 bits per heavy atom. The summed E-state index contributed by atoms with van der Waals surface area (Å²) in [5.41, 5.74) is 0. The first-order chi connectivity index (χ1) is 45.1. The van der Waals surface area contributed by atoms with Crippen LogP contribution in [0, 0.1) is 23.7 Å². The Morgan fingerprint density at radius 1 is 0.298 bits per heavy atom. The number of aliphatic hydroxyl groups excluding tert-OH is 1. The second-order valence-electron chi connectivity index (χ2n) is 28.7. The third-order valence-electron chi connectivity index (χ3n) is 17.7. The molecule has 6 atom stereocenters. The van der Waals surface area contributed by atoms with Crippen LogP contribution in [0.1, 0.15) is 376 Å². The van der Waals surface area contributed by atoms with Crippen LogP contribution in [0.15, 0.2) is 0 Å². The molecule has 0 radical (unpaired) electrons. The van der Waals surface area contributed by atoms with Gasteiger partial charge in [0.05, 0.1) is 26.4 Å². The van der Waals surface area contributed by atoms with Crippen LogP contribution in [0.5, 0.6) is 0 Å². The molecule has 4 unspecified atom stereocenters. The van der Waals surface area contributed by atoms with Crippen LogP contribution >= 0.6 is 15.6 Å². The number of rotatable bonds is 72. The molecule has 19 heteroatoms. The monoisotopic (exact) mass is 1380 g/mol. The molecule has 0 aromatic heterocycles. The molecular weight excluding hydrogens is 1230 g/mol. The maximum Gasteiger partial charge on any atom is 0.472 e. The topological polar surface area (TPSA) is 237 Å². The zero-order valence-corrected chi connectivity index (χ0v) is 63.4. The smallest absolute Gasteiger partial charge is 0.462 e. The van der Waals surface area contributed by atoms with Crippen LogP contribution < -0.4 is 0 Å². The lowest BCUT2D eigenvalue weighted by molar-refractivity contribution is -0.161. The van der Waals surface area contributed by atoms with Crippen LogP contribution in [0.25, 0.3) is 0 Å². The summed E-state index contributed by atoms with van der Waals surface area (Å²) in [6.45, 7) is 14.2. The average molecular weight is 1380 g/mol. The molecule has 0 fully saturated rings. The standard InChI is InChI=1S/C75H146O17P2/c1-9-68(8)54-46-38-30-22-18-19-25-33-42-50-58-75(80)92-71(62-86-73(78)56-48-40-34-26-29-37-45-53-67(6)7)64-90-94(83,84)88-60-69(76)59-87-93(81,82)89-63-70(91-74(79)57-49-41-32-24-17-13-15-21-28-36-44-52-66(4)5)61-85-72(77)55-47-39-31-23-16-12-10-11-14-20-27-35-43-51-65(2)3/h65-71,76H,9-64H2,1-8H3,(H,81,82)(H,83,84)/t68?,69?,70-,71-/m1/s1. The molecule has 94 heavy (non-hydrogen) atoms. The van der Waals surface area contributed by atoms with E-state index in [1.807, 2.05) is 0 Å². The first-order valence-electron chi connectivity index (χ1n) is 38.7. The Hall–Kier alpha value is -1.94. The second-order valence-corrected chi connectivity index (χ2v) is 31.6. The van der Waals surface area contributed by atoms with E-state index in [0.29, 0.717) is 31.6 Å². The molecular formula is C75H146O17P2. The number of carbonyl (C=O) groups excluding carboxylic acids is 4. The summed E-state index contributed by atoms with van der Waals surface area (Å²) < 4.78 is 68.5. The fourth-order valence-electron chi connectivity index (χ4n) is 11.3. The van der Waals surface area contributed by atoms with Gasteiger partial charge in [-0.3, -0.25) is 37.3 Å². The lowest BCUT2D eigenvalue weighted by Crippen LogP contribution is -2.30. The number of hydrogen-bond donors (Lipinski definition) is 3. The van der Waals surface area contributed by atoms with Gasteiger partial charge in [-0.15, -0.1) is 0 Å². The quantitative estimate of drug-likeness (QED) is 0.0222. The van der Waals surface area contributed by atoms with Crippen molar-refractivity contribution in [2.24, 2.45) is 23.7 Å². The van der Waals surface area contributed by atoms with Crippen LogP contribution in [0.2, 0.25) is 0 Å². The van der Waals surface area contributed by atoms with Gasteiger partial charge in [-0.25, -0.2) is 9.13 Å². The number of hydrogen-bond acceptors (Lipinski definition) is 15. The number of aliphatic hydroxyl groups is 1.